The summed E-state index contributed by atoms with van der Waals surface area (Å²) in [7, 11) is 1.57. The van der Waals surface area contributed by atoms with Gasteiger partial charge in [0.05, 0.1) is 28.3 Å². The van der Waals surface area contributed by atoms with E-state index in [9.17, 15) is 14.7 Å². The van der Waals surface area contributed by atoms with Crippen LogP contribution in [0.15, 0.2) is 48.0 Å². The number of ether oxygens (including phenoxy) is 2. The minimum Gasteiger partial charge on any atom is -0.507 e. The van der Waals surface area contributed by atoms with Gasteiger partial charge in [-0.15, -0.1) is 0 Å². The number of nitrogens with zero attached hydrogens (tertiary/aromatic N) is 1. The van der Waals surface area contributed by atoms with Crippen molar-refractivity contribution < 1.29 is 24.2 Å². The molecule has 0 aromatic heterocycles. The highest BCUT2D eigenvalue weighted by Crippen LogP contribution is 2.41. The van der Waals surface area contributed by atoms with E-state index in [0.29, 0.717) is 46.6 Å². The zero-order valence-corrected chi connectivity index (χ0v) is 20.2. The lowest BCUT2D eigenvalue weighted by atomic mass is 9.95. The van der Waals surface area contributed by atoms with E-state index < -0.39 is 17.7 Å². The second kappa shape index (κ2) is 11.5. The molecule has 0 saturated carbocycles. The number of likely N-dealkylation sites (tertiary alicyclic amines) is 1. The Hall–Kier alpha value is -2.54. The van der Waals surface area contributed by atoms with Crippen molar-refractivity contribution >= 4 is 40.7 Å². The van der Waals surface area contributed by atoms with Gasteiger partial charge in [0.2, 0.25) is 0 Å². The van der Waals surface area contributed by atoms with Crippen molar-refractivity contribution in [2.75, 3.05) is 26.9 Å². The van der Waals surface area contributed by atoms with Crippen molar-refractivity contribution in [3.05, 3.63) is 69.2 Å². The van der Waals surface area contributed by atoms with E-state index in [1.165, 1.54) is 4.90 Å². The fourth-order valence-electron chi connectivity index (χ4n) is 3.74. The molecule has 1 N–H and O–H groups in total. The van der Waals surface area contributed by atoms with Gasteiger partial charge in [-0.25, -0.2) is 0 Å². The number of benzene rings is 2. The quantitative estimate of drug-likeness (QED) is 0.201. The maximum atomic E-state index is 13.1. The van der Waals surface area contributed by atoms with E-state index in [-0.39, 0.29) is 17.9 Å². The van der Waals surface area contributed by atoms with Gasteiger partial charge < -0.3 is 19.5 Å². The number of carbonyl (C=O) groups excluding carboxylic acids is 2. The molecular formula is C25H27Cl2NO5. The lowest BCUT2D eigenvalue weighted by Crippen LogP contribution is -2.31. The summed E-state index contributed by atoms with van der Waals surface area (Å²) >= 11 is 12.3. The van der Waals surface area contributed by atoms with E-state index in [4.69, 9.17) is 32.7 Å². The topological polar surface area (TPSA) is 76.1 Å². The highest BCUT2D eigenvalue weighted by atomic mass is 35.5. The summed E-state index contributed by atoms with van der Waals surface area (Å²) in [6, 6.07) is 11.0. The molecule has 176 valence electrons. The maximum absolute atomic E-state index is 13.1. The number of methoxy groups -OCH3 is 1. The van der Waals surface area contributed by atoms with Crippen molar-refractivity contribution in [3.8, 4) is 5.75 Å². The van der Waals surface area contributed by atoms with E-state index >= 15 is 0 Å². The molecule has 0 bridgehead atoms. The molecule has 1 amide bonds. The average molecular weight is 492 g/mol. The van der Waals surface area contributed by atoms with Gasteiger partial charge in [0.1, 0.15) is 11.5 Å². The summed E-state index contributed by atoms with van der Waals surface area (Å²) in [4.78, 5) is 27.4. The van der Waals surface area contributed by atoms with E-state index in [2.05, 4.69) is 6.92 Å². The number of rotatable bonds is 10. The Kier molecular flexibility index (Phi) is 8.78. The van der Waals surface area contributed by atoms with Crippen LogP contribution in [0.5, 0.6) is 5.75 Å². The molecule has 1 atom stereocenters. The van der Waals surface area contributed by atoms with Crippen LogP contribution in [0.25, 0.3) is 5.76 Å². The number of aliphatic hydroxyl groups is 1. The standard InChI is InChI=1S/C25H27Cl2NO5/c1-3-4-13-33-18-8-5-7-17(14-18)23(29)21-22(16-9-10-19(26)20(27)15-16)28(11-6-12-32-2)25(31)24(21)30/h5,7-10,14-15,22,29H,3-4,6,11-13H2,1-2H3/b23-21+. The lowest BCUT2D eigenvalue weighted by Gasteiger charge is -2.25. The highest BCUT2D eigenvalue weighted by Gasteiger charge is 2.45. The SMILES string of the molecule is CCCCOc1cccc(/C(O)=C2\C(=O)C(=O)N(CCCOC)C2c2ccc(Cl)c(Cl)c2)c1. The summed E-state index contributed by atoms with van der Waals surface area (Å²) in [5.74, 6) is -1.12. The molecule has 1 heterocycles. The van der Waals surface area contributed by atoms with Crippen molar-refractivity contribution in [3.63, 3.8) is 0 Å². The van der Waals surface area contributed by atoms with Crippen molar-refractivity contribution in [2.45, 2.75) is 32.2 Å². The van der Waals surface area contributed by atoms with E-state index in [0.717, 1.165) is 12.8 Å². The molecule has 1 saturated heterocycles. The second-order valence-corrected chi connectivity index (χ2v) is 8.56. The van der Waals surface area contributed by atoms with Crippen LogP contribution < -0.4 is 4.74 Å². The third kappa shape index (κ3) is 5.69. The van der Waals surface area contributed by atoms with Crippen LogP contribution in [0.1, 0.15) is 43.4 Å². The first kappa shape index (κ1) is 25.1. The van der Waals surface area contributed by atoms with Gasteiger partial charge >= 0.3 is 0 Å². The van der Waals surface area contributed by atoms with Crippen LogP contribution in [-0.2, 0) is 14.3 Å². The molecule has 2 aromatic carbocycles. The Balaban J connectivity index is 2.07. The minimum atomic E-state index is -0.804. The van der Waals surface area contributed by atoms with Crippen molar-refractivity contribution in [1.29, 1.82) is 0 Å². The predicted octanol–water partition coefficient (Wildman–Crippen LogP) is 5.63. The maximum Gasteiger partial charge on any atom is 0.295 e. The molecule has 6 nitrogen and oxygen atoms in total. The van der Waals surface area contributed by atoms with Crippen molar-refractivity contribution in [2.24, 2.45) is 0 Å². The highest BCUT2D eigenvalue weighted by molar-refractivity contribution is 6.46. The Labute approximate surface area is 203 Å². The van der Waals surface area contributed by atoms with E-state index in [1.807, 2.05) is 0 Å². The van der Waals surface area contributed by atoms with Crippen LogP contribution in [-0.4, -0.2) is 48.6 Å². The van der Waals surface area contributed by atoms with Gasteiger partial charge in [-0.05, 0) is 42.7 Å². The number of ketones is 1. The smallest absolute Gasteiger partial charge is 0.295 e. The van der Waals surface area contributed by atoms with Gasteiger partial charge in [0, 0.05) is 25.8 Å². The molecule has 8 heteroatoms. The van der Waals surface area contributed by atoms with Crippen molar-refractivity contribution in [1.82, 2.24) is 4.90 Å². The lowest BCUT2D eigenvalue weighted by molar-refractivity contribution is -0.140. The normalized spacial score (nSPS) is 17.6. The van der Waals surface area contributed by atoms with Crippen LogP contribution in [0.2, 0.25) is 10.0 Å². The van der Waals surface area contributed by atoms with E-state index in [1.54, 1.807) is 49.6 Å². The Morgan fingerprint density at radius 1 is 1.06 bits per heavy atom. The van der Waals surface area contributed by atoms with Crippen LogP contribution in [0, 0.1) is 0 Å². The summed E-state index contributed by atoms with van der Waals surface area (Å²) in [5.41, 5.74) is 0.975. The third-order valence-electron chi connectivity index (χ3n) is 5.42. The predicted molar refractivity (Wildman–Crippen MR) is 129 cm³/mol. The summed E-state index contributed by atoms with van der Waals surface area (Å²) in [6.45, 7) is 3.32. The summed E-state index contributed by atoms with van der Waals surface area (Å²) < 4.78 is 10.8. The number of halogens is 2. The van der Waals surface area contributed by atoms with Crippen LogP contribution in [0.3, 0.4) is 0 Å². The Morgan fingerprint density at radius 3 is 2.55 bits per heavy atom. The first-order valence-electron chi connectivity index (χ1n) is 10.8. The molecule has 1 aliphatic heterocycles. The average Bonchev–Trinajstić information content (AvgIpc) is 3.06. The second-order valence-electron chi connectivity index (χ2n) is 7.74. The zero-order chi connectivity index (χ0) is 24.0. The van der Waals surface area contributed by atoms with Crippen LogP contribution in [0.4, 0.5) is 0 Å². The molecule has 1 unspecified atom stereocenters. The van der Waals surface area contributed by atoms with Crippen LogP contribution >= 0.6 is 23.2 Å². The fraction of sp³-hybridized carbons (Fsp3) is 0.360. The number of amides is 1. The van der Waals surface area contributed by atoms with Gasteiger partial charge in [-0.2, -0.15) is 0 Å². The molecule has 0 radical (unpaired) electrons. The van der Waals surface area contributed by atoms with Gasteiger partial charge in [0.25, 0.3) is 11.7 Å². The van der Waals surface area contributed by atoms with Gasteiger partial charge in [-0.1, -0.05) is 54.7 Å². The number of Topliss-reactive ketones (excluding diaryl/α,β-unsaturated/α-hetero) is 1. The number of unbranched alkanes of at least 4 members (excludes halogenated alkanes) is 1. The molecule has 33 heavy (non-hydrogen) atoms. The van der Waals surface area contributed by atoms with Gasteiger partial charge in [-0.3, -0.25) is 9.59 Å². The zero-order valence-electron chi connectivity index (χ0n) is 18.6. The molecule has 0 spiro atoms. The first-order valence-corrected chi connectivity index (χ1v) is 11.6. The minimum absolute atomic E-state index is 0.00140. The summed E-state index contributed by atoms with van der Waals surface area (Å²) in [6.07, 6.45) is 2.43. The molecule has 1 fully saturated rings. The molecule has 0 aliphatic carbocycles. The number of hydrogen-bond donors (Lipinski definition) is 1. The Morgan fingerprint density at radius 2 is 1.85 bits per heavy atom. The molecular weight excluding hydrogens is 465 g/mol. The molecule has 3 rings (SSSR count). The molecule has 2 aromatic rings. The number of carbonyl (C=O) groups is 2. The fourth-order valence-corrected chi connectivity index (χ4v) is 4.05. The number of aliphatic hydroxyl groups excluding tert-OH is 1. The van der Waals surface area contributed by atoms with Gasteiger partial charge in [0.15, 0.2) is 0 Å². The molecule has 1 aliphatic rings. The third-order valence-corrected chi connectivity index (χ3v) is 6.16. The first-order chi connectivity index (χ1) is 15.9. The Bertz CT molecular complexity index is 1050. The monoisotopic (exact) mass is 491 g/mol. The summed E-state index contributed by atoms with van der Waals surface area (Å²) in [5, 5.41) is 11.8. The number of hydrogen-bond acceptors (Lipinski definition) is 5. The largest absolute Gasteiger partial charge is 0.507 e.